The molecule has 2 rings (SSSR count). The number of aliphatic hydroxyl groups excluding tert-OH is 1. The quantitative estimate of drug-likeness (QED) is 0.682. The first-order valence-electron chi connectivity index (χ1n) is 4.30. The molecule has 3 heteroatoms. The molecule has 0 aliphatic rings. The van der Waals surface area contributed by atoms with E-state index in [1.807, 2.05) is 19.1 Å². The Hall–Kier alpha value is -1.79. The maximum absolute atomic E-state index is 9.64. The summed E-state index contributed by atoms with van der Waals surface area (Å²) in [6.45, 7) is 1.91. The molecule has 0 unspecified atom stereocenters. The van der Waals surface area contributed by atoms with Crippen LogP contribution in [0.4, 0.5) is 0 Å². The highest BCUT2D eigenvalue weighted by Crippen LogP contribution is 2.18. The van der Waals surface area contributed by atoms with Gasteiger partial charge in [0.05, 0.1) is 23.7 Å². The largest absolute Gasteiger partial charge is 0.375 e. The minimum absolute atomic E-state index is 0.711. The summed E-state index contributed by atoms with van der Waals surface area (Å²) in [5.74, 6) is 2.31. The summed E-state index contributed by atoms with van der Waals surface area (Å²) >= 11 is 0. The first-order chi connectivity index (χ1) is 6.74. The average molecular weight is 186 g/mol. The number of aryl methyl sites for hydroxylation is 1. The zero-order chi connectivity index (χ0) is 10.1. The second-order valence-electron chi connectivity index (χ2n) is 3.16. The van der Waals surface area contributed by atoms with Gasteiger partial charge in [0.15, 0.2) is 6.10 Å². The number of nitrogens with zero attached hydrogens (tertiary/aromatic N) is 2. The van der Waals surface area contributed by atoms with Crippen LogP contribution < -0.4 is 0 Å². The van der Waals surface area contributed by atoms with Crippen LogP contribution in [0.1, 0.15) is 17.4 Å². The van der Waals surface area contributed by atoms with Crippen LogP contribution in [0.2, 0.25) is 0 Å². The fourth-order valence-corrected chi connectivity index (χ4v) is 1.54. The molecule has 70 valence electrons. The Morgan fingerprint density at radius 2 is 2.36 bits per heavy atom. The van der Waals surface area contributed by atoms with E-state index < -0.39 is 6.10 Å². The van der Waals surface area contributed by atoms with E-state index in [9.17, 15) is 5.11 Å². The lowest BCUT2D eigenvalue weighted by Crippen LogP contribution is -2.04. The molecular formula is C11H10N2O. The lowest BCUT2D eigenvalue weighted by molar-refractivity contribution is 0.231. The number of hydrogen-bond acceptors (Lipinski definition) is 2. The van der Waals surface area contributed by atoms with Gasteiger partial charge < -0.3 is 5.11 Å². The summed E-state index contributed by atoms with van der Waals surface area (Å²) in [4.78, 5) is 4.00. The standard InChI is InChI=1S/C11H10N2O/c1-3-10(14)11-8(2)4-5-9-6-12-7-13(9)11/h1,4-7,10,14H,2H3/t10-/m1/s1. The van der Waals surface area contributed by atoms with Crippen molar-refractivity contribution in [2.24, 2.45) is 0 Å². The number of rotatable bonds is 1. The predicted octanol–water partition coefficient (Wildman–Crippen LogP) is 1.31. The van der Waals surface area contributed by atoms with Crippen molar-refractivity contribution in [1.29, 1.82) is 0 Å². The smallest absolute Gasteiger partial charge is 0.155 e. The molecule has 0 radical (unpaired) electrons. The fraction of sp³-hybridized carbons (Fsp3) is 0.182. The molecule has 0 spiro atoms. The third-order valence-corrected chi connectivity index (χ3v) is 2.25. The summed E-state index contributed by atoms with van der Waals surface area (Å²) in [6, 6.07) is 3.86. The molecule has 0 aromatic carbocycles. The van der Waals surface area contributed by atoms with Gasteiger partial charge in [0, 0.05) is 0 Å². The predicted molar refractivity (Wildman–Crippen MR) is 53.7 cm³/mol. The van der Waals surface area contributed by atoms with E-state index in [-0.39, 0.29) is 0 Å². The zero-order valence-corrected chi connectivity index (χ0v) is 7.81. The van der Waals surface area contributed by atoms with Crippen molar-refractivity contribution in [3.63, 3.8) is 0 Å². The molecular weight excluding hydrogens is 176 g/mol. The number of aromatic nitrogens is 2. The third-order valence-electron chi connectivity index (χ3n) is 2.25. The molecule has 1 atom stereocenters. The second kappa shape index (κ2) is 3.17. The molecule has 0 aliphatic heterocycles. The van der Waals surface area contributed by atoms with Crippen LogP contribution in [-0.4, -0.2) is 14.5 Å². The molecule has 0 fully saturated rings. The molecule has 0 aliphatic carbocycles. The SMILES string of the molecule is C#C[C@@H](O)c1c(C)ccc2cncn12. The van der Waals surface area contributed by atoms with Gasteiger partial charge in [-0.05, 0) is 18.6 Å². The van der Waals surface area contributed by atoms with E-state index >= 15 is 0 Å². The highest BCUT2D eigenvalue weighted by molar-refractivity contribution is 5.49. The summed E-state index contributed by atoms with van der Waals surface area (Å²) in [7, 11) is 0. The van der Waals surface area contributed by atoms with Crippen molar-refractivity contribution in [1.82, 2.24) is 9.38 Å². The van der Waals surface area contributed by atoms with E-state index in [0.29, 0.717) is 5.69 Å². The first kappa shape index (κ1) is 8.79. The molecule has 0 saturated heterocycles. The number of terminal acetylenes is 1. The van der Waals surface area contributed by atoms with Crippen molar-refractivity contribution in [2.75, 3.05) is 0 Å². The van der Waals surface area contributed by atoms with Gasteiger partial charge in [0.2, 0.25) is 0 Å². The monoisotopic (exact) mass is 186 g/mol. The molecule has 3 nitrogen and oxygen atoms in total. The molecule has 2 heterocycles. The second-order valence-corrected chi connectivity index (χ2v) is 3.16. The van der Waals surface area contributed by atoms with Crippen molar-refractivity contribution in [2.45, 2.75) is 13.0 Å². The minimum atomic E-state index is -0.882. The van der Waals surface area contributed by atoms with E-state index in [0.717, 1.165) is 11.1 Å². The van der Waals surface area contributed by atoms with Crippen LogP contribution in [-0.2, 0) is 0 Å². The molecule has 0 bridgehead atoms. The van der Waals surface area contributed by atoms with Gasteiger partial charge in [0.25, 0.3) is 0 Å². The van der Waals surface area contributed by atoms with Crippen LogP contribution in [0, 0.1) is 19.3 Å². The lowest BCUT2D eigenvalue weighted by Gasteiger charge is -2.10. The van der Waals surface area contributed by atoms with Crippen LogP contribution in [0.3, 0.4) is 0 Å². The van der Waals surface area contributed by atoms with Crippen LogP contribution in [0.25, 0.3) is 5.52 Å². The Bertz CT molecular complexity index is 507. The van der Waals surface area contributed by atoms with Gasteiger partial charge in [-0.3, -0.25) is 4.40 Å². The number of imidazole rings is 1. The van der Waals surface area contributed by atoms with E-state index in [4.69, 9.17) is 6.42 Å². The lowest BCUT2D eigenvalue weighted by atomic mass is 10.1. The maximum Gasteiger partial charge on any atom is 0.155 e. The Morgan fingerprint density at radius 1 is 1.57 bits per heavy atom. The Kier molecular flexibility index (Phi) is 1.99. The molecule has 0 amide bonds. The molecule has 1 N–H and O–H groups in total. The summed E-state index contributed by atoms with van der Waals surface area (Å²) in [5, 5.41) is 9.64. The van der Waals surface area contributed by atoms with Crippen LogP contribution in [0.15, 0.2) is 24.7 Å². The van der Waals surface area contributed by atoms with Crippen molar-refractivity contribution in [3.05, 3.63) is 35.9 Å². The van der Waals surface area contributed by atoms with Gasteiger partial charge in [-0.1, -0.05) is 12.0 Å². The molecule has 0 saturated carbocycles. The van der Waals surface area contributed by atoms with Crippen LogP contribution in [0.5, 0.6) is 0 Å². The topological polar surface area (TPSA) is 37.5 Å². The number of fused-ring (bicyclic) bond motifs is 1. The van der Waals surface area contributed by atoms with Gasteiger partial charge in [-0.2, -0.15) is 0 Å². The van der Waals surface area contributed by atoms with Crippen molar-refractivity contribution >= 4 is 5.52 Å². The highest BCUT2D eigenvalue weighted by atomic mass is 16.3. The first-order valence-corrected chi connectivity index (χ1v) is 4.30. The van der Waals surface area contributed by atoms with Crippen LogP contribution >= 0.6 is 0 Å². The highest BCUT2D eigenvalue weighted by Gasteiger charge is 2.11. The van der Waals surface area contributed by atoms with Gasteiger partial charge in [-0.15, -0.1) is 6.42 Å². The Balaban J connectivity index is 2.78. The van der Waals surface area contributed by atoms with E-state index in [1.54, 1.807) is 16.9 Å². The number of aliphatic hydroxyl groups is 1. The normalized spacial score (nSPS) is 12.6. The Morgan fingerprint density at radius 3 is 3.07 bits per heavy atom. The van der Waals surface area contributed by atoms with E-state index in [1.165, 1.54) is 0 Å². The fourth-order valence-electron chi connectivity index (χ4n) is 1.54. The summed E-state index contributed by atoms with van der Waals surface area (Å²) in [6.07, 6.45) is 7.70. The molecule has 2 aromatic heterocycles. The van der Waals surface area contributed by atoms with Gasteiger partial charge >= 0.3 is 0 Å². The maximum atomic E-state index is 9.64. The van der Waals surface area contributed by atoms with Crippen molar-refractivity contribution < 1.29 is 5.11 Å². The minimum Gasteiger partial charge on any atom is -0.375 e. The summed E-state index contributed by atoms with van der Waals surface area (Å²) < 4.78 is 1.81. The molecule has 2 aromatic rings. The van der Waals surface area contributed by atoms with E-state index in [2.05, 4.69) is 10.9 Å². The van der Waals surface area contributed by atoms with Gasteiger partial charge in [-0.25, -0.2) is 4.98 Å². The van der Waals surface area contributed by atoms with Gasteiger partial charge in [0.1, 0.15) is 0 Å². The van der Waals surface area contributed by atoms with Crippen molar-refractivity contribution in [3.8, 4) is 12.3 Å². The third kappa shape index (κ3) is 1.17. The molecule has 14 heavy (non-hydrogen) atoms. The number of pyridine rings is 1. The average Bonchev–Trinajstić information content (AvgIpc) is 2.64. The Labute approximate surface area is 82.0 Å². The summed E-state index contributed by atoms with van der Waals surface area (Å²) in [5.41, 5.74) is 2.60. The zero-order valence-electron chi connectivity index (χ0n) is 7.81. The number of hydrogen-bond donors (Lipinski definition) is 1.